The zero-order valence-corrected chi connectivity index (χ0v) is 14.4. The molecule has 2 aromatic rings. The van der Waals surface area contributed by atoms with Gasteiger partial charge in [0.2, 0.25) is 11.9 Å². The van der Waals surface area contributed by atoms with Gasteiger partial charge in [0.15, 0.2) is 0 Å². The van der Waals surface area contributed by atoms with Gasteiger partial charge in [0.05, 0.1) is 25.5 Å². The van der Waals surface area contributed by atoms with Crippen molar-refractivity contribution in [2.45, 2.75) is 6.23 Å². The van der Waals surface area contributed by atoms with Gasteiger partial charge in [0.25, 0.3) is 0 Å². The summed E-state index contributed by atoms with van der Waals surface area (Å²) in [6.45, 7) is 5.07. The van der Waals surface area contributed by atoms with E-state index in [9.17, 15) is 0 Å². The highest BCUT2D eigenvalue weighted by Crippen LogP contribution is 2.23. The molecule has 0 aliphatic carbocycles. The molecule has 0 saturated carbocycles. The molecule has 0 aromatic carbocycles. The standard InChI is InChI=1S/C16H22N8O2/c17-15-19-8-11(9-20-15)12-7-13(22-14-10-18-1-4-26-14)23-16(21-12)24-2-5-25-6-3-24/h7-9,14,18H,1-6,10H2,(H2,17,19,20)(H,21,22,23). The number of hydrogen-bond acceptors (Lipinski definition) is 10. The van der Waals surface area contributed by atoms with Crippen molar-refractivity contribution < 1.29 is 9.47 Å². The molecule has 2 aliphatic heterocycles. The molecule has 2 saturated heterocycles. The highest BCUT2D eigenvalue weighted by Gasteiger charge is 2.19. The van der Waals surface area contributed by atoms with Gasteiger partial charge in [-0.25, -0.2) is 15.0 Å². The fourth-order valence-electron chi connectivity index (χ4n) is 2.85. The summed E-state index contributed by atoms with van der Waals surface area (Å²) in [5.41, 5.74) is 7.10. The van der Waals surface area contributed by atoms with E-state index in [4.69, 9.17) is 20.2 Å². The number of nitrogens with zero attached hydrogens (tertiary/aromatic N) is 5. The lowest BCUT2D eigenvalue weighted by molar-refractivity contribution is 0.0466. The lowest BCUT2D eigenvalue weighted by Gasteiger charge is -2.28. The average molecular weight is 358 g/mol. The van der Waals surface area contributed by atoms with E-state index in [0.29, 0.717) is 31.6 Å². The zero-order chi connectivity index (χ0) is 17.8. The SMILES string of the molecule is Nc1ncc(-c2cc(NC3CNCCO3)nc(N3CCOCC3)n2)cn1. The third kappa shape index (κ3) is 3.98. The molecule has 2 aliphatic rings. The van der Waals surface area contributed by atoms with Crippen LogP contribution in [0, 0.1) is 0 Å². The van der Waals surface area contributed by atoms with E-state index in [0.717, 1.165) is 37.4 Å². The van der Waals surface area contributed by atoms with E-state index in [2.05, 4.69) is 30.5 Å². The Bertz CT molecular complexity index is 730. The maximum absolute atomic E-state index is 5.72. The van der Waals surface area contributed by atoms with Gasteiger partial charge >= 0.3 is 0 Å². The topological polar surface area (TPSA) is 123 Å². The summed E-state index contributed by atoms with van der Waals surface area (Å²) in [4.78, 5) is 19.6. The molecule has 10 heteroatoms. The lowest BCUT2D eigenvalue weighted by Crippen LogP contribution is -2.43. The van der Waals surface area contributed by atoms with Crippen molar-refractivity contribution in [3.05, 3.63) is 18.5 Å². The first-order valence-electron chi connectivity index (χ1n) is 8.66. The summed E-state index contributed by atoms with van der Waals surface area (Å²) in [6, 6.07) is 1.87. The predicted octanol–water partition coefficient (Wildman–Crippen LogP) is -0.290. The van der Waals surface area contributed by atoms with Gasteiger partial charge in [-0.05, 0) is 0 Å². The quantitative estimate of drug-likeness (QED) is 0.672. The first-order valence-corrected chi connectivity index (χ1v) is 8.66. The van der Waals surface area contributed by atoms with Crippen molar-refractivity contribution in [3.63, 3.8) is 0 Å². The van der Waals surface area contributed by atoms with Crippen LogP contribution in [-0.2, 0) is 9.47 Å². The third-order valence-electron chi connectivity index (χ3n) is 4.21. The molecule has 1 atom stereocenters. The minimum absolute atomic E-state index is 0.133. The van der Waals surface area contributed by atoms with Gasteiger partial charge in [0.1, 0.15) is 12.0 Å². The number of aromatic nitrogens is 4. The second-order valence-electron chi connectivity index (χ2n) is 6.08. The van der Waals surface area contributed by atoms with E-state index < -0.39 is 0 Å². The fourth-order valence-corrected chi connectivity index (χ4v) is 2.85. The van der Waals surface area contributed by atoms with E-state index >= 15 is 0 Å². The Labute approximate surface area is 151 Å². The van der Waals surface area contributed by atoms with Crippen molar-refractivity contribution in [3.8, 4) is 11.3 Å². The number of rotatable bonds is 4. The van der Waals surface area contributed by atoms with Gasteiger partial charge in [-0.1, -0.05) is 0 Å². The maximum Gasteiger partial charge on any atom is 0.228 e. The van der Waals surface area contributed by atoms with Crippen LogP contribution in [0.1, 0.15) is 0 Å². The summed E-state index contributed by atoms with van der Waals surface area (Å²) < 4.78 is 11.1. The Morgan fingerprint density at radius 1 is 1.15 bits per heavy atom. The van der Waals surface area contributed by atoms with Crippen LogP contribution in [0.4, 0.5) is 17.7 Å². The molecule has 4 heterocycles. The highest BCUT2D eigenvalue weighted by molar-refractivity contribution is 5.63. The third-order valence-corrected chi connectivity index (χ3v) is 4.21. The van der Waals surface area contributed by atoms with Crippen LogP contribution in [0.3, 0.4) is 0 Å². The molecular formula is C16H22N8O2. The van der Waals surface area contributed by atoms with Crippen LogP contribution in [-0.4, -0.2) is 72.2 Å². The molecule has 2 aromatic heterocycles. The Kier molecular flexibility index (Phi) is 5.04. The van der Waals surface area contributed by atoms with Crippen molar-refractivity contribution in [2.75, 3.05) is 62.0 Å². The van der Waals surface area contributed by atoms with Crippen molar-refractivity contribution in [1.29, 1.82) is 0 Å². The molecular weight excluding hydrogens is 336 g/mol. The zero-order valence-electron chi connectivity index (χ0n) is 14.4. The highest BCUT2D eigenvalue weighted by atomic mass is 16.5. The number of ether oxygens (including phenoxy) is 2. The van der Waals surface area contributed by atoms with E-state index in [1.807, 2.05) is 6.07 Å². The largest absolute Gasteiger partial charge is 0.378 e. The molecule has 0 radical (unpaired) electrons. The van der Waals surface area contributed by atoms with Gasteiger partial charge < -0.3 is 30.7 Å². The first-order chi connectivity index (χ1) is 12.8. The number of hydrogen-bond donors (Lipinski definition) is 3. The van der Waals surface area contributed by atoms with Crippen LogP contribution in [0.5, 0.6) is 0 Å². The molecule has 26 heavy (non-hydrogen) atoms. The second-order valence-corrected chi connectivity index (χ2v) is 6.08. The fraction of sp³-hybridized carbons (Fsp3) is 0.500. The number of nitrogens with two attached hydrogens (primary N) is 1. The number of nitrogens with one attached hydrogen (secondary N) is 2. The van der Waals surface area contributed by atoms with Gasteiger partial charge in [-0.15, -0.1) is 0 Å². The molecule has 138 valence electrons. The summed E-state index contributed by atoms with van der Waals surface area (Å²) in [7, 11) is 0. The summed E-state index contributed by atoms with van der Waals surface area (Å²) in [5.74, 6) is 1.58. The Balaban J connectivity index is 1.65. The average Bonchev–Trinajstić information content (AvgIpc) is 2.70. The minimum atomic E-state index is -0.133. The molecule has 2 fully saturated rings. The van der Waals surface area contributed by atoms with Crippen molar-refractivity contribution in [1.82, 2.24) is 25.3 Å². The van der Waals surface area contributed by atoms with Crippen LogP contribution >= 0.6 is 0 Å². The van der Waals surface area contributed by atoms with Gasteiger partial charge in [0, 0.05) is 50.2 Å². The normalized spacial score (nSPS) is 20.8. The monoisotopic (exact) mass is 358 g/mol. The number of anilines is 3. The lowest BCUT2D eigenvalue weighted by atomic mass is 10.2. The van der Waals surface area contributed by atoms with E-state index in [1.165, 1.54) is 0 Å². The minimum Gasteiger partial charge on any atom is -0.378 e. The van der Waals surface area contributed by atoms with Gasteiger partial charge in [-0.2, -0.15) is 4.98 Å². The predicted molar refractivity (Wildman–Crippen MR) is 96.7 cm³/mol. The van der Waals surface area contributed by atoms with E-state index in [1.54, 1.807) is 12.4 Å². The molecule has 0 amide bonds. The molecule has 1 unspecified atom stereocenters. The van der Waals surface area contributed by atoms with Crippen LogP contribution in [0.2, 0.25) is 0 Å². The Hall–Kier alpha value is -2.56. The molecule has 4 N–H and O–H groups in total. The number of nitrogen functional groups attached to an aromatic ring is 1. The molecule has 0 bridgehead atoms. The van der Waals surface area contributed by atoms with Crippen molar-refractivity contribution in [2.24, 2.45) is 0 Å². The Morgan fingerprint density at radius 2 is 1.96 bits per heavy atom. The second kappa shape index (κ2) is 7.77. The molecule has 0 spiro atoms. The van der Waals surface area contributed by atoms with Crippen LogP contribution in [0.15, 0.2) is 18.5 Å². The van der Waals surface area contributed by atoms with E-state index in [-0.39, 0.29) is 12.2 Å². The van der Waals surface area contributed by atoms with Crippen LogP contribution in [0.25, 0.3) is 11.3 Å². The summed E-state index contributed by atoms with van der Waals surface area (Å²) >= 11 is 0. The summed E-state index contributed by atoms with van der Waals surface area (Å²) in [5, 5.41) is 6.62. The smallest absolute Gasteiger partial charge is 0.228 e. The van der Waals surface area contributed by atoms with Crippen molar-refractivity contribution >= 4 is 17.7 Å². The summed E-state index contributed by atoms with van der Waals surface area (Å²) in [6.07, 6.45) is 3.19. The van der Waals surface area contributed by atoms with Crippen LogP contribution < -0.4 is 21.3 Å². The number of morpholine rings is 2. The van der Waals surface area contributed by atoms with Gasteiger partial charge in [-0.3, -0.25) is 0 Å². The molecule has 10 nitrogen and oxygen atoms in total. The maximum atomic E-state index is 5.72. The molecule has 4 rings (SSSR count). The Morgan fingerprint density at radius 3 is 2.69 bits per heavy atom. The first kappa shape index (κ1) is 16.9.